The van der Waals surface area contributed by atoms with E-state index in [0.717, 1.165) is 11.3 Å². The predicted molar refractivity (Wildman–Crippen MR) is 61.6 cm³/mol. The van der Waals surface area contributed by atoms with Crippen LogP contribution < -0.4 is 11.1 Å². The van der Waals surface area contributed by atoms with Gasteiger partial charge in [-0.1, -0.05) is 0 Å². The maximum atomic E-state index is 10.2. The Balaban J connectivity index is 2.41. The summed E-state index contributed by atoms with van der Waals surface area (Å²) in [6, 6.07) is 5.36. The van der Waals surface area contributed by atoms with Gasteiger partial charge in [0, 0.05) is 17.9 Å². The summed E-state index contributed by atoms with van der Waals surface area (Å²) < 4.78 is 32.9. The highest BCUT2D eigenvalue weighted by Crippen LogP contribution is 2.16. The molecule has 0 fully saturated rings. The van der Waals surface area contributed by atoms with Crippen molar-refractivity contribution < 1.29 is 17.2 Å². The van der Waals surface area contributed by atoms with E-state index < -0.39 is 10.4 Å². The third kappa shape index (κ3) is 4.47. The van der Waals surface area contributed by atoms with Gasteiger partial charge in [0.1, 0.15) is 0 Å². The van der Waals surface area contributed by atoms with Gasteiger partial charge in [0.15, 0.2) is 0 Å². The molecule has 0 heterocycles. The molecule has 0 atom stereocenters. The Morgan fingerprint density at radius 3 is 2.75 bits per heavy atom. The Morgan fingerprint density at radius 1 is 1.50 bits per heavy atom. The molecule has 0 saturated carbocycles. The number of anilines is 2. The van der Waals surface area contributed by atoms with E-state index in [1.54, 1.807) is 12.1 Å². The minimum Gasteiger partial charge on any atom is -0.399 e. The van der Waals surface area contributed by atoms with Crippen LogP contribution in [0, 0.1) is 6.92 Å². The maximum Gasteiger partial charge on any atom is 0.397 e. The Labute approximate surface area is 94.4 Å². The molecule has 0 spiro atoms. The van der Waals surface area contributed by atoms with Crippen molar-refractivity contribution in [1.29, 1.82) is 0 Å². The quantitative estimate of drug-likeness (QED) is 0.403. The van der Waals surface area contributed by atoms with Gasteiger partial charge in [0.25, 0.3) is 0 Å². The number of nitrogens with two attached hydrogens (primary N) is 1. The van der Waals surface area contributed by atoms with Crippen LogP contribution >= 0.6 is 0 Å². The highest BCUT2D eigenvalue weighted by atomic mass is 32.3. The van der Waals surface area contributed by atoms with Crippen LogP contribution in [0.3, 0.4) is 0 Å². The van der Waals surface area contributed by atoms with Crippen molar-refractivity contribution in [2.24, 2.45) is 0 Å². The smallest absolute Gasteiger partial charge is 0.397 e. The molecule has 16 heavy (non-hydrogen) atoms. The lowest BCUT2D eigenvalue weighted by Crippen LogP contribution is -2.13. The number of aryl methyl sites for hydroxylation is 1. The molecule has 1 rings (SSSR count). The van der Waals surface area contributed by atoms with Gasteiger partial charge in [-0.3, -0.25) is 4.55 Å². The summed E-state index contributed by atoms with van der Waals surface area (Å²) >= 11 is 0. The number of benzene rings is 1. The molecule has 0 aliphatic carbocycles. The average molecular weight is 246 g/mol. The summed E-state index contributed by atoms with van der Waals surface area (Å²) in [5.74, 6) is 0. The lowest BCUT2D eigenvalue weighted by atomic mass is 10.2. The zero-order valence-corrected chi connectivity index (χ0v) is 9.62. The lowest BCUT2D eigenvalue weighted by molar-refractivity contribution is 0.278. The van der Waals surface area contributed by atoms with Crippen molar-refractivity contribution in [2.75, 3.05) is 24.2 Å². The largest absolute Gasteiger partial charge is 0.399 e. The molecule has 1 aromatic carbocycles. The van der Waals surface area contributed by atoms with Crippen molar-refractivity contribution in [3.8, 4) is 0 Å². The summed E-state index contributed by atoms with van der Waals surface area (Å²) in [6.07, 6.45) is 0. The zero-order valence-electron chi connectivity index (χ0n) is 8.80. The van der Waals surface area contributed by atoms with Gasteiger partial charge in [0.2, 0.25) is 0 Å². The standard InChI is InChI=1S/C9H14N2O4S/c1-7-6-8(2-3-9(7)10)11-4-5-15-16(12,13)14/h2-3,6,11H,4-5,10H2,1H3,(H,12,13,14). The molecule has 90 valence electrons. The van der Waals surface area contributed by atoms with Gasteiger partial charge < -0.3 is 11.1 Å². The first-order valence-electron chi connectivity index (χ1n) is 4.60. The highest BCUT2D eigenvalue weighted by Gasteiger charge is 2.03. The maximum absolute atomic E-state index is 10.2. The minimum absolute atomic E-state index is 0.137. The molecule has 7 heteroatoms. The fraction of sp³-hybridized carbons (Fsp3) is 0.333. The Kier molecular flexibility index (Phi) is 4.11. The fourth-order valence-corrected chi connectivity index (χ4v) is 1.42. The summed E-state index contributed by atoms with van der Waals surface area (Å²) in [5.41, 5.74) is 8.07. The Bertz CT molecular complexity index is 459. The molecule has 0 saturated heterocycles. The monoisotopic (exact) mass is 246 g/mol. The molecular weight excluding hydrogens is 232 g/mol. The van der Waals surface area contributed by atoms with Gasteiger partial charge >= 0.3 is 10.4 Å². The van der Waals surface area contributed by atoms with E-state index in [-0.39, 0.29) is 13.2 Å². The molecule has 0 aliphatic rings. The third-order valence-electron chi connectivity index (χ3n) is 1.93. The normalized spacial score (nSPS) is 11.4. The van der Waals surface area contributed by atoms with Crippen molar-refractivity contribution in [3.05, 3.63) is 23.8 Å². The van der Waals surface area contributed by atoms with Crippen LogP contribution in [-0.4, -0.2) is 26.1 Å². The average Bonchev–Trinajstić information content (AvgIpc) is 2.17. The first-order valence-corrected chi connectivity index (χ1v) is 5.97. The van der Waals surface area contributed by atoms with Crippen LogP contribution in [0.25, 0.3) is 0 Å². The molecule has 1 aromatic rings. The molecule has 0 radical (unpaired) electrons. The van der Waals surface area contributed by atoms with E-state index in [2.05, 4.69) is 9.50 Å². The van der Waals surface area contributed by atoms with Crippen LogP contribution in [0.2, 0.25) is 0 Å². The molecule has 0 unspecified atom stereocenters. The van der Waals surface area contributed by atoms with Crippen LogP contribution in [0.5, 0.6) is 0 Å². The van der Waals surface area contributed by atoms with E-state index in [9.17, 15) is 8.42 Å². The molecule has 6 nitrogen and oxygen atoms in total. The lowest BCUT2D eigenvalue weighted by Gasteiger charge is -2.07. The molecule has 0 bridgehead atoms. The molecule has 0 aliphatic heterocycles. The second-order valence-corrected chi connectivity index (χ2v) is 4.34. The van der Waals surface area contributed by atoms with E-state index in [0.29, 0.717) is 5.69 Å². The summed E-state index contributed by atoms with van der Waals surface area (Å²) in [7, 11) is -4.35. The first kappa shape index (κ1) is 12.8. The number of nitrogens with one attached hydrogen (secondary N) is 1. The fourth-order valence-electron chi connectivity index (χ4n) is 1.13. The van der Waals surface area contributed by atoms with Crippen molar-refractivity contribution in [1.82, 2.24) is 0 Å². The van der Waals surface area contributed by atoms with Crippen molar-refractivity contribution >= 4 is 21.8 Å². The van der Waals surface area contributed by atoms with E-state index in [4.69, 9.17) is 10.3 Å². The Hall–Kier alpha value is -1.31. The molecule has 4 N–H and O–H groups in total. The second kappa shape index (κ2) is 5.15. The van der Waals surface area contributed by atoms with Crippen LogP contribution in [0.4, 0.5) is 11.4 Å². The number of nitrogen functional groups attached to an aromatic ring is 1. The van der Waals surface area contributed by atoms with Crippen LogP contribution in [0.1, 0.15) is 5.56 Å². The topological polar surface area (TPSA) is 102 Å². The number of hydrogen-bond donors (Lipinski definition) is 3. The third-order valence-corrected chi connectivity index (χ3v) is 2.40. The summed E-state index contributed by atoms with van der Waals surface area (Å²) in [6.45, 7) is 2.00. The number of rotatable bonds is 5. The van der Waals surface area contributed by atoms with E-state index in [1.807, 2.05) is 13.0 Å². The first-order chi connectivity index (χ1) is 7.38. The number of hydrogen-bond acceptors (Lipinski definition) is 5. The SMILES string of the molecule is Cc1cc(NCCOS(=O)(=O)O)ccc1N. The van der Waals surface area contributed by atoms with E-state index >= 15 is 0 Å². The minimum atomic E-state index is -4.35. The van der Waals surface area contributed by atoms with Crippen molar-refractivity contribution in [3.63, 3.8) is 0 Å². The summed E-state index contributed by atoms with van der Waals surface area (Å²) in [4.78, 5) is 0. The second-order valence-electron chi connectivity index (χ2n) is 3.25. The highest BCUT2D eigenvalue weighted by molar-refractivity contribution is 7.80. The molecular formula is C9H14N2O4S. The van der Waals surface area contributed by atoms with Crippen LogP contribution in [0.15, 0.2) is 18.2 Å². The van der Waals surface area contributed by atoms with Crippen molar-refractivity contribution in [2.45, 2.75) is 6.92 Å². The van der Waals surface area contributed by atoms with Gasteiger partial charge in [-0.25, -0.2) is 4.18 Å². The predicted octanol–water partition coefficient (Wildman–Crippen LogP) is 0.809. The molecule has 0 amide bonds. The Morgan fingerprint density at radius 2 is 2.19 bits per heavy atom. The van der Waals surface area contributed by atoms with Gasteiger partial charge in [-0.2, -0.15) is 8.42 Å². The van der Waals surface area contributed by atoms with Gasteiger partial charge in [-0.15, -0.1) is 0 Å². The van der Waals surface area contributed by atoms with Gasteiger partial charge in [-0.05, 0) is 30.7 Å². The van der Waals surface area contributed by atoms with E-state index in [1.165, 1.54) is 0 Å². The van der Waals surface area contributed by atoms with Gasteiger partial charge in [0.05, 0.1) is 6.61 Å². The summed E-state index contributed by atoms with van der Waals surface area (Å²) in [5, 5.41) is 2.93. The zero-order chi connectivity index (χ0) is 12.2. The molecule has 0 aromatic heterocycles. The van der Waals surface area contributed by atoms with Crippen LogP contribution in [-0.2, 0) is 14.6 Å².